The molecule has 9 heteroatoms. The lowest BCUT2D eigenvalue weighted by atomic mass is 9.84. The van der Waals surface area contributed by atoms with Crippen molar-refractivity contribution in [1.82, 2.24) is 19.9 Å². The molecule has 4 heterocycles. The number of hydrogen-bond acceptors (Lipinski definition) is 5. The average Bonchev–Trinajstić information content (AvgIpc) is 2.79. The Kier molecular flexibility index (Phi) is 6.03. The maximum atomic E-state index is 14.4. The summed E-state index contributed by atoms with van der Waals surface area (Å²) in [6.07, 6.45) is 0. The fraction of sp³-hybridized carbons (Fsp3) is 0.200. The van der Waals surface area contributed by atoms with Crippen LogP contribution in [-0.2, 0) is 5.41 Å². The van der Waals surface area contributed by atoms with Crippen molar-refractivity contribution in [3.8, 4) is 22.5 Å². The largest absolute Gasteiger partial charge is 0.378 e. The van der Waals surface area contributed by atoms with Gasteiger partial charge in [0.25, 0.3) is 0 Å². The van der Waals surface area contributed by atoms with Crippen LogP contribution in [0.25, 0.3) is 22.5 Å². The minimum Gasteiger partial charge on any atom is -0.378 e. The quantitative estimate of drug-likeness (QED) is 0.285. The van der Waals surface area contributed by atoms with Crippen LogP contribution in [0.4, 0.5) is 23.2 Å². The zero-order chi connectivity index (χ0) is 24.6. The first kappa shape index (κ1) is 23.3. The highest BCUT2D eigenvalue weighted by Crippen LogP contribution is 2.35. The summed E-state index contributed by atoms with van der Waals surface area (Å²) in [5.74, 6) is -3.77. The van der Waals surface area contributed by atoms with Gasteiger partial charge >= 0.3 is 0 Å². The van der Waals surface area contributed by atoms with Crippen LogP contribution in [0.3, 0.4) is 0 Å². The summed E-state index contributed by atoms with van der Waals surface area (Å²) in [6.45, 7) is 3.76. The third-order valence-electron chi connectivity index (χ3n) is 5.54. The first-order valence-electron chi connectivity index (χ1n) is 10.4. The highest BCUT2D eigenvalue weighted by molar-refractivity contribution is 5.66. The van der Waals surface area contributed by atoms with Gasteiger partial charge in [0, 0.05) is 25.2 Å². The standard InChI is InChI=1S/C25H21F4N5/c1-25(2,19-7-5-6-17(30-19)15-8-10-21(26)32-23(15)28)20-13-14(34(3)4)12-18(31-20)16-9-11-22(27)33-24(16)29/h5-13H,1-4H3. The Balaban J connectivity index is 1.84. The molecule has 0 aliphatic heterocycles. The van der Waals surface area contributed by atoms with Crippen LogP contribution >= 0.6 is 0 Å². The zero-order valence-corrected chi connectivity index (χ0v) is 18.9. The lowest BCUT2D eigenvalue weighted by Crippen LogP contribution is -2.23. The van der Waals surface area contributed by atoms with Gasteiger partial charge in [0.2, 0.25) is 23.8 Å². The second-order valence-corrected chi connectivity index (χ2v) is 8.47. The molecule has 0 radical (unpaired) electrons. The molecule has 0 spiro atoms. The topological polar surface area (TPSA) is 54.8 Å². The Labute approximate surface area is 194 Å². The van der Waals surface area contributed by atoms with Crippen LogP contribution in [0, 0.1) is 23.8 Å². The van der Waals surface area contributed by atoms with Crippen molar-refractivity contribution < 1.29 is 17.6 Å². The second-order valence-electron chi connectivity index (χ2n) is 8.47. The van der Waals surface area contributed by atoms with E-state index in [1.807, 2.05) is 38.9 Å². The third kappa shape index (κ3) is 4.46. The van der Waals surface area contributed by atoms with Crippen molar-refractivity contribution in [3.05, 3.63) is 89.8 Å². The summed E-state index contributed by atoms with van der Waals surface area (Å²) in [7, 11) is 3.66. The van der Waals surface area contributed by atoms with Crippen molar-refractivity contribution in [2.45, 2.75) is 19.3 Å². The lowest BCUT2D eigenvalue weighted by Gasteiger charge is -2.26. The van der Waals surface area contributed by atoms with E-state index in [1.165, 1.54) is 12.1 Å². The van der Waals surface area contributed by atoms with Crippen LogP contribution in [0.2, 0.25) is 0 Å². The molecule has 0 aliphatic rings. The second kappa shape index (κ2) is 8.81. The predicted molar refractivity (Wildman–Crippen MR) is 121 cm³/mol. The summed E-state index contributed by atoms with van der Waals surface area (Å²) >= 11 is 0. The number of nitrogens with zero attached hydrogens (tertiary/aromatic N) is 5. The van der Waals surface area contributed by atoms with Crippen LogP contribution in [-0.4, -0.2) is 34.0 Å². The molecular formula is C25H21F4N5. The number of aromatic nitrogens is 4. The molecule has 0 atom stereocenters. The first-order chi connectivity index (χ1) is 16.1. The molecule has 0 N–H and O–H groups in total. The molecule has 4 aromatic rings. The molecular weight excluding hydrogens is 446 g/mol. The molecule has 0 aromatic carbocycles. The molecule has 4 aromatic heterocycles. The Morgan fingerprint density at radius 1 is 0.647 bits per heavy atom. The molecule has 0 amide bonds. The smallest absolute Gasteiger partial charge is 0.224 e. The van der Waals surface area contributed by atoms with Gasteiger partial charge in [0.05, 0.1) is 33.9 Å². The molecule has 0 saturated heterocycles. The van der Waals surface area contributed by atoms with Gasteiger partial charge in [0.1, 0.15) is 0 Å². The van der Waals surface area contributed by atoms with Gasteiger partial charge in [-0.2, -0.15) is 27.5 Å². The monoisotopic (exact) mass is 467 g/mol. The van der Waals surface area contributed by atoms with Crippen LogP contribution < -0.4 is 4.90 Å². The van der Waals surface area contributed by atoms with Gasteiger partial charge in [-0.3, -0.25) is 9.97 Å². The summed E-state index contributed by atoms with van der Waals surface area (Å²) in [4.78, 5) is 17.6. The van der Waals surface area contributed by atoms with E-state index in [0.29, 0.717) is 11.4 Å². The molecule has 0 aliphatic carbocycles. The molecule has 34 heavy (non-hydrogen) atoms. The van der Waals surface area contributed by atoms with E-state index in [2.05, 4.69) is 19.9 Å². The molecule has 0 saturated carbocycles. The van der Waals surface area contributed by atoms with E-state index in [4.69, 9.17) is 0 Å². The molecule has 5 nitrogen and oxygen atoms in total. The van der Waals surface area contributed by atoms with Crippen molar-refractivity contribution >= 4 is 5.69 Å². The number of halogens is 4. The van der Waals surface area contributed by atoms with Crippen LogP contribution in [0.1, 0.15) is 25.2 Å². The number of rotatable bonds is 5. The maximum Gasteiger partial charge on any atom is 0.224 e. The van der Waals surface area contributed by atoms with Gasteiger partial charge in [-0.1, -0.05) is 6.07 Å². The van der Waals surface area contributed by atoms with Gasteiger partial charge in [-0.15, -0.1) is 0 Å². The third-order valence-corrected chi connectivity index (χ3v) is 5.54. The van der Waals surface area contributed by atoms with Crippen molar-refractivity contribution in [1.29, 1.82) is 0 Å². The van der Waals surface area contributed by atoms with Gasteiger partial charge in [0.15, 0.2) is 0 Å². The van der Waals surface area contributed by atoms with E-state index in [-0.39, 0.29) is 22.5 Å². The molecule has 0 bridgehead atoms. The average molecular weight is 467 g/mol. The van der Waals surface area contributed by atoms with Gasteiger partial charge in [-0.05, 0) is 62.4 Å². The number of hydrogen-bond donors (Lipinski definition) is 0. The molecule has 174 valence electrons. The normalized spacial score (nSPS) is 11.5. The highest BCUT2D eigenvalue weighted by Gasteiger charge is 2.29. The van der Waals surface area contributed by atoms with Crippen molar-refractivity contribution in [3.63, 3.8) is 0 Å². The van der Waals surface area contributed by atoms with Crippen LogP contribution in [0.5, 0.6) is 0 Å². The minimum absolute atomic E-state index is 0.0586. The Morgan fingerprint density at radius 2 is 1.21 bits per heavy atom. The van der Waals surface area contributed by atoms with Gasteiger partial charge in [-0.25, -0.2) is 0 Å². The zero-order valence-electron chi connectivity index (χ0n) is 18.9. The first-order valence-corrected chi connectivity index (χ1v) is 10.4. The summed E-state index contributed by atoms with van der Waals surface area (Å²) < 4.78 is 55.3. The Morgan fingerprint density at radius 3 is 1.76 bits per heavy atom. The van der Waals surface area contributed by atoms with E-state index in [9.17, 15) is 17.6 Å². The molecule has 0 unspecified atom stereocenters. The fourth-order valence-electron chi connectivity index (χ4n) is 3.50. The number of anilines is 1. The predicted octanol–water partition coefficient (Wildman–Crippen LogP) is 5.55. The SMILES string of the molecule is CN(C)c1cc(-c2ccc(F)nc2F)nc(C(C)(C)c2cccc(-c3ccc(F)nc3F)n2)c1. The van der Waals surface area contributed by atoms with E-state index in [1.54, 1.807) is 24.3 Å². The number of pyridine rings is 4. The summed E-state index contributed by atoms with van der Waals surface area (Å²) in [6, 6.07) is 13.3. The Hall–Kier alpha value is -3.88. The van der Waals surface area contributed by atoms with Crippen LogP contribution in [0.15, 0.2) is 54.6 Å². The van der Waals surface area contributed by atoms with E-state index >= 15 is 0 Å². The minimum atomic E-state index is -0.966. The van der Waals surface area contributed by atoms with Crippen molar-refractivity contribution in [2.75, 3.05) is 19.0 Å². The van der Waals surface area contributed by atoms with Crippen molar-refractivity contribution in [2.24, 2.45) is 0 Å². The molecule has 4 rings (SSSR count). The highest BCUT2D eigenvalue weighted by atomic mass is 19.1. The molecule has 0 fully saturated rings. The Bertz CT molecular complexity index is 1370. The van der Waals surface area contributed by atoms with E-state index < -0.39 is 29.2 Å². The summed E-state index contributed by atoms with van der Waals surface area (Å²) in [5, 5.41) is 0. The van der Waals surface area contributed by atoms with E-state index in [0.717, 1.165) is 17.8 Å². The summed E-state index contributed by atoms with van der Waals surface area (Å²) in [5.41, 5.74) is 1.74. The lowest BCUT2D eigenvalue weighted by molar-refractivity contribution is 0.514. The fourth-order valence-corrected chi connectivity index (χ4v) is 3.50. The van der Waals surface area contributed by atoms with Gasteiger partial charge < -0.3 is 4.90 Å². The maximum absolute atomic E-state index is 14.4.